The number of nitrogens with zero attached hydrogens (tertiary/aromatic N) is 1. The fourth-order valence-corrected chi connectivity index (χ4v) is 2.34. The Bertz CT molecular complexity index is 597. The van der Waals surface area contributed by atoms with E-state index in [9.17, 15) is 4.79 Å². The second-order valence-corrected chi connectivity index (χ2v) is 4.70. The zero-order valence-electron chi connectivity index (χ0n) is 11.8. The van der Waals surface area contributed by atoms with Gasteiger partial charge in [0, 0.05) is 12.8 Å². The third-order valence-corrected chi connectivity index (χ3v) is 3.34. The van der Waals surface area contributed by atoms with Gasteiger partial charge in [0.2, 0.25) is 12.5 Å². The van der Waals surface area contributed by atoms with Crippen LogP contribution >= 0.6 is 0 Å². The van der Waals surface area contributed by atoms with Crippen molar-refractivity contribution in [3.8, 4) is 17.2 Å². The van der Waals surface area contributed by atoms with Crippen LogP contribution < -0.4 is 14.2 Å². The lowest BCUT2D eigenvalue weighted by atomic mass is 10.0. The molecule has 0 N–H and O–H groups in total. The maximum Gasteiger partial charge on any atom is 0.355 e. The molecule has 0 aromatic heterocycles. The average Bonchev–Trinajstić information content (AvgIpc) is 3.14. The molecule has 0 amide bonds. The summed E-state index contributed by atoms with van der Waals surface area (Å²) in [4.78, 5) is 16.6. The molecule has 2 heterocycles. The van der Waals surface area contributed by atoms with Crippen LogP contribution in [0.2, 0.25) is 0 Å². The lowest BCUT2D eigenvalue weighted by Gasteiger charge is -2.11. The molecule has 1 aromatic rings. The predicted octanol–water partition coefficient (Wildman–Crippen LogP) is 1.28. The monoisotopic (exact) mass is 293 g/mol. The van der Waals surface area contributed by atoms with Crippen molar-refractivity contribution in [3.05, 3.63) is 17.7 Å². The van der Waals surface area contributed by atoms with Crippen LogP contribution in [0.1, 0.15) is 12.0 Å². The van der Waals surface area contributed by atoms with E-state index in [1.165, 1.54) is 7.11 Å². The van der Waals surface area contributed by atoms with Crippen molar-refractivity contribution < 1.29 is 28.6 Å². The van der Waals surface area contributed by atoms with E-state index in [2.05, 4.69) is 9.89 Å². The molecule has 1 atom stereocenters. The molecule has 21 heavy (non-hydrogen) atoms. The fraction of sp³-hybridized carbons (Fsp3) is 0.429. The maximum atomic E-state index is 11.4. The first-order valence-corrected chi connectivity index (χ1v) is 6.48. The summed E-state index contributed by atoms with van der Waals surface area (Å²) in [5, 5.41) is 3.75. The minimum atomic E-state index is -0.458. The number of oxime groups is 1. The summed E-state index contributed by atoms with van der Waals surface area (Å²) >= 11 is 0. The number of carbonyl (C=O) groups is 1. The number of rotatable bonds is 4. The molecule has 0 unspecified atom stereocenters. The van der Waals surface area contributed by atoms with Crippen LogP contribution in [0, 0.1) is 0 Å². The van der Waals surface area contributed by atoms with E-state index in [0.29, 0.717) is 35.8 Å². The van der Waals surface area contributed by atoms with Gasteiger partial charge in [0.15, 0.2) is 17.2 Å². The van der Waals surface area contributed by atoms with Gasteiger partial charge < -0.3 is 23.8 Å². The summed E-state index contributed by atoms with van der Waals surface area (Å²) in [5.41, 5.74) is 1.26. The number of ether oxygens (including phenoxy) is 4. The number of esters is 1. The van der Waals surface area contributed by atoms with E-state index in [4.69, 9.17) is 19.0 Å². The normalized spacial score (nSPS) is 19.0. The van der Waals surface area contributed by atoms with Crippen molar-refractivity contribution in [2.24, 2.45) is 5.16 Å². The van der Waals surface area contributed by atoms with Crippen LogP contribution in [0.4, 0.5) is 0 Å². The van der Waals surface area contributed by atoms with Crippen molar-refractivity contribution in [2.75, 3.05) is 21.0 Å². The Morgan fingerprint density at radius 1 is 1.38 bits per heavy atom. The van der Waals surface area contributed by atoms with E-state index in [1.54, 1.807) is 7.11 Å². The number of benzene rings is 1. The predicted molar refractivity (Wildman–Crippen MR) is 71.8 cm³/mol. The second kappa shape index (κ2) is 5.51. The summed E-state index contributed by atoms with van der Waals surface area (Å²) in [5.74, 6) is 1.42. The molecule has 0 spiro atoms. The molecule has 0 radical (unpaired) electrons. The van der Waals surface area contributed by atoms with Gasteiger partial charge in [-0.1, -0.05) is 5.16 Å². The van der Waals surface area contributed by atoms with Gasteiger partial charge in [-0.2, -0.15) is 0 Å². The van der Waals surface area contributed by atoms with E-state index in [-0.39, 0.29) is 12.9 Å². The Hall–Kier alpha value is -2.44. The smallest absolute Gasteiger partial charge is 0.355 e. The molecule has 2 aliphatic rings. The van der Waals surface area contributed by atoms with Crippen LogP contribution in [0.25, 0.3) is 0 Å². The average molecular weight is 293 g/mol. The minimum Gasteiger partial charge on any atom is -0.493 e. The highest BCUT2D eigenvalue weighted by molar-refractivity contribution is 6.36. The van der Waals surface area contributed by atoms with Crippen LogP contribution in [0.15, 0.2) is 17.3 Å². The standard InChI is InChI=1S/C14H15NO6/c1-17-11-4-8(5-12-13(11)20-7-19-12)3-9-6-10(15-21-9)14(16)18-2/h4-5,9H,3,6-7H2,1-2H3/t9-/m1/s1. The Balaban J connectivity index is 1.71. The second-order valence-electron chi connectivity index (χ2n) is 4.70. The Labute approximate surface area is 121 Å². The number of fused-ring (bicyclic) bond motifs is 1. The molecule has 7 nitrogen and oxygen atoms in total. The summed E-state index contributed by atoms with van der Waals surface area (Å²) in [6, 6.07) is 3.75. The SMILES string of the molecule is COC(=O)C1=NO[C@H](Cc2cc(OC)c3c(c2)OCO3)C1. The molecular formula is C14H15NO6. The van der Waals surface area contributed by atoms with Gasteiger partial charge in [0.1, 0.15) is 6.10 Å². The number of methoxy groups -OCH3 is 2. The third-order valence-electron chi connectivity index (χ3n) is 3.34. The highest BCUT2D eigenvalue weighted by Crippen LogP contribution is 2.42. The Kier molecular flexibility index (Phi) is 3.55. The summed E-state index contributed by atoms with van der Waals surface area (Å²) in [6.07, 6.45) is 0.796. The molecule has 7 heteroatoms. The lowest BCUT2D eigenvalue weighted by Crippen LogP contribution is -2.18. The minimum absolute atomic E-state index is 0.185. The van der Waals surface area contributed by atoms with Crippen molar-refractivity contribution in [2.45, 2.75) is 18.9 Å². The number of hydrogen-bond donors (Lipinski definition) is 0. The highest BCUT2D eigenvalue weighted by Gasteiger charge is 2.28. The largest absolute Gasteiger partial charge is 0.493 e. The van der Waals surface area contributed by atoms with E-state index in [1.807, 2.05) is 12.1 Å². The third kappa shape index (κ3) is 2.58. The van der Waals surface area contributed by atoms with Gasteiger partial charge in [-0.15, -0.1) is 0 Å². The summed E-state index contributed by atoms with van der Waals surface area (Å²) in [6.45, 7) is 0.185. The van der Waals surface area contributed by atoms with Gasteiger partial charge in [0.05, 0.1) is 14.2 Å². The molecule has 3 rings (SSSR count). The summed E-state index contributed by atoms with van der Waals surface area (Å²) in [7, 11) is 2.90. The Morgan fingerprint density at radius 2 is 2.24 bits per heavy atom. The van der Waals surface area contributed by atoms with Crippen molar-refractivity contribution in [1.29, 1.82) is 0 Å². The number of hydrogen-bond acceptors (Lipinski definition) is 7. The van der Waals surface area contributed by atoms with Gasteiger partial charge in [0.25, 0.3) is 0 Å². The van der Waals surface area contributed by atoms with Gasteiger partial charge in [-0.05, 0) is 17.7 Å². The van der Waals surface area contributed by atoms with E-state index in [0.717, 1.165) is 5.56 Å². The van der Waals surface area contributed by atoms with Crippen molar-refractivity contribution in [3.63, 3.8) is 0 Å². The van der Waals surface area contributed by atoms with Crippen LogP contribution in [-0.2, 0) is 20.8 Å². The molecule has 1 aromatic carbocycles. The zero-order chi connectivity index (χ0) is 14.8. The first-order valence-electron chi connectivity index (χ1n) is 6.48. The Morgan fingerprint density at radius 3 is 3.00 bits per heavy atom. The molecule has 112 valence electrons. The van der Waals surface area contributed by atoms with Crippen molar-refractivity contribution >= 4 is 11.7 Å². The first-order chi connectivity index (χ1) is 10.2. The lowest BCUT2D eigenvalue weighted by molar-refractivity contribution is -0.132. The molecule has 0 aliphatic carbocycles. The van der Waals surface area contributed by atoms with Crippen LogP contribution in [-0.4, -0.2) is 38.8 Å². The molecule has 0 saturated carbocycles. The summed E-state index contributed by atoms with van der Waals surface area (Å²) < 4.78 is 20.6. The van der Waals surface area contributed by atoms with E-state index >= 15 is 0 Å². The number of carbonyl (C=O) groups excluding carboxylic acids is 1. The first kappa shape index (κ1) is 13.5. The molecular weight excluding hydrogens is 278 g/mol. The molecule has 0 saturated heterocycles. The molecule has 0 bridgehead atoms. The maximum absolute atomic E-state index is 11.4. The fourth-order valence-electron chi connectivity index (χ4n) is 2.34. The van der Waals surface area contributed by atoms with Crippen LogP contribution in [0.5, 0.6) is 17.2 Å². The molecule has 0 fully saturated rings. The van der Waals surface area contributed by atoms with E-state index < -0.39 is 5.97 Å². The topological polar surface area (TPSA) is 75.6 Å². The van der Waals surface area contributed by atoms with Crippen molar-refractivity contribution in [1.82, 2.24) is 0 Å². The molecule has 2 aliphatic heterocycles. The zero-order valence-corrected chi connectivity index (χ0v) is 11.8. The van der Waals surface area contributed by atoms with Gasteiger partial charge in [-0.3, -0.25) is 0 Å². The highest BCUT2D eigenvalue weighted by atomic mass is 16.7. The van der Waals surface area contributed by atoms with Crippen LogP contribution in [0.3, 0.4) is 0 Å². The quantitative estimate of drug-likeness (QED) is 0.779. The van der Waals surface area contributed by atoms with Gasteiger partial charge >= 0.3 is 5.97 Å². The van der Waals surface area contributed by atoms with Gasteiger partial charge in [-0.25, -0.2) is 4.79 Å².